The lowest BCUT2D eigenvalue weighted by Gasteiger charge is -2.22. The molecule has 1 N–H and O–H groups in total. The number of nitrogens with one attached hydrogen (secondary N) is 1. The summed E-state index contributed by atoms with van der Waals surface area (Å²) in [5.41, 5.74) is 3.15. The molecule has 3 aromatic carbocycles. The van der Waals surface area contributed by atoms with Gasteiger partial charge in [-0.1, -0.05) is 66.4 Å². The zero-order valence-electron chi connectivity index (χ0n) is 26.1. The number of aromatic nitrogens is 3. The van der Waals surface area contributed by atoms with Gasteiger partial charge in [-0.25, -0.2) is 5.01 Å². The number of rotatable bonds is 12. The Hall–Kier alpha value is -5.34. The fourth-order valence-corrected chi connectivity index (χ4v) is 6.94. The average molecular weight is 682 g/mol. The van der Waals surface area contributed by atoms with E-state index in [0.29, 0.717) is 23.9 Å². The Labute approximate surface area is 284 Å². The third-order valence-corrected chi connectivity index (χ3v) is 9.80. The predicted molar refractivity (Wildman–Crippen MR) is 183 cm³/mol. The first-order chi connectivity index (χ1) is 23.3. The van der Waals surface area contributed by atoms with Crippen molar-refractivity contribution >= 4 is 46.3 Å². The minimum absolute atomic E-state index is 0.0233. The summed E-state index contributed by atoms with van der Waals surface area (Å²) in [4.78, 5) is 38.8. The number of nitro benzene ring substituents is 1. The van der Waals surface area contributed by atoms with Crippen LogP contribution in [0.2, 0.25) is 0 Å². The number of thioether (sulfide) groups is 1. The largest absolute Gasteiger partial charge is 0.497 e. The summed E-state index contributed by atoms with van der Waals surface area (Å²) in [5.74, 6) is 0.612. The fourth-order valence-electron chi connectivity index (χ4n) is 5.41. The van der Waals surface area contributed by atoms with E-state index in [-0.39, 0.29) is 41.1 Å². The summed E-state index contributed by atoms with van der Waals surface area (Å²) in [7, 11) is 1.61. The topological polar surface area (TPSA) is 145 Å². The molecule has 0 spiro atoms. The number of hydrazone groups is 1. The summed E-state index contributed by atoms with van der Waals surface area (Å²) in [6.45, 7) is 1.98. The van der Waals surface area contributed by atoms with Gasteiger partial charge >= 0.3 is 0 Å². The first-order valence-corrected chi connectivity index (χ1v) is 16.9. The van der Waals surface area contributed by atoms with Crippen molar-refractivity contribution in [2.24, 2.45) is 5.10 Å². The number of amides is 2. The highest BCUT2D eigenvalue weighted by Gasteiger charge is 2.34. The molecular formula is C34H31N7O5S2. The van der Waals surface area contributed by atoms with Gasteiger partial charge in [-0.2, -0.15) is 5.10 Å². The monoisotopic (exact) mass is 681 g/mol. The van der Waals surface area contributed by atoms with Gasteiger partial charge in [0.1, 0.15) is 5.75 Å². The number of thiophene rings is 1. The Balaban J connectivity index is 1.21. The van der Waals surface area contributed by atoms with E-state index in [1.807, 2.05) is 76.7 Å². The van der Waals surface area contributed by atoms with Crippen LogP contribution in [-0.4, -0.2) is 55.1 Å². The Bertz CT molecular complexity index is 1960. The number of hydrogen-bond donors (Lipinski definition) is 1. The van der Waals surface area contributed by atoms with Crippen LogP contribution in [0, 0.1) is 17.0 Å². The number of ether oxygens (including phenoxy) is 1. The second-order valence-electron chi connectivity index (χ2n) is 10.9. The lowest BCUT2D eigenvalue weighted by atomic mass is 10.0. The Morgan fingerprint density at radius 2 is 1.83 bits per heavy atom. The van der Waals surface area contributed by atoms with Crippen LogP contribution in [0.4, 0.5) is 5.69 Å². The minimum atomic E-state index is -0.511. The summed E-state index contributed by atoms with van der Waals surface area (Å²) in [6, 6.07) is 25.5. The van der Waals surface area contributed by atoms with Crippen LogP contribution in [0.25, 0.3) is 0 Å². The number of nitro groups is 1. The lowest BCUT2D eigenvalue weighted by Crippen LogP contribution is -2.28. The van der Waals surface area contributed by atoms with Gasteiger partial charge in [0.05, 0.1) is 47.5 Å². The van der Waals surface area contributed by atoms with Gasteiger partial charge in [-0.3, -0.25) is 19.7 Å². The molecule has 6 rings (SSSR count). The molecule has 0 unspecified atom stereocenters. The zero-order valence-corrected chi connectivity index (χ0v) is 27.7. The van der Waals surface area contributed by atoms with Crippen LogP contribution in [0.1, 0.15) is 50.2 Å². The van der Waals surface area contributed by atoms with Crippen molar-refractivity contribution in [3.05, 3.63) is 133 Å². The molecule has 0 radical (unpaired) electrons. The molecule has 0 aliphatic carbocycles. The van der Waals surface area contributed by atoms with E-state index in [2.05, 4.69) is 15.5 Å². The zero-order chi connectivity index (χ0) is 33.6. The predicted octanol–water partition coefficient (Wildman–Crippen LogP) is 6.01. The Morgan fingerprint density at radius 3 is 2.54 bits per heavy atom. The quantitative estimate of drug-likeness (QED) is 0.0958. The molecule has 2 amide bonds. The van der Waals surface area contributed by atoms with Crippen molar-refractivity contribution < 1.29 is 19.2 Å². The van der Waals surface area contributed by atoms with Gasteiger partial charge in [-0.05, 0) is 47.7 Å². The number of methoxy groups -OCH3 is 1. The van der Waals surface area contributed by atoms with Gasteiger partial charge in [0.2, 0.25) is 0 Å². The van der Waals surface area contributed by atoms with E-state index < -0.39 is 10.8 Å². The lowest BCUT2D eigenvalue weighted by molar-refractivity contribution is -0.385. The van der Waals surface area contributed by atoms with Crippen LogP contribution in [0.15, 0.2) is 101 Å². The molecule has 1 atom stereocenters. The number of hydrogen-bond acceptors (Lipinski definition) is 10. The summed E-state index contributed by atoms with van der Waals surface area (Å²) >= 11 is 2.83. The molecule has 0 bridgehead atoms. The smallest absolute Gasteiger partial charge is 0.273 e. The second kappa shape index (κ2) is 14.6. The Kier molecular flexibility index (Phi) is 9.92. The fraction of sp³-hybridized carbons (Fsp3) is 0.206. The minimum Gasteiger partial charge on any atom is -0.497 e. The van der Waals surface area contributed by atoms with Crippen molar-refractivity contribution in [1.29, 1.82) is 0 Å². The molecule has 5 aromatic rings. The van der Waals surface area contributed by atoms with E-state index in [0.717, 1.165) is 27.5 Å². The molecule has 1 aliphatic rings. The highest BCUT2D eigenvalue weighted by molar-refractivity contribution is 7.99. The normalized spacial score (nSPS) is 14.1. The van der Waals surface area contributed by atoms with Crippen molar-refractivity contribution in [2.45, 2.75) is 37.6 Å². The molecule has 3 heterocycles. The molecule has 2 aromatic heterocycles. The van der Waals surface area contributed by atoms with Crippen LogP contribution in [-0.2, 0) is 17.9 Å². The van der Waals surface area contributed by atoms with E-state index in [4.69, 9.17) is 9.84 Å². The Morgan fingerprint density at radius 1 is 1.04 bits per heavy atom. The van der Waals surface area contributed by atoms with Gasteiger partial charge in [0, 0.05) is 23.6 Å². The molecule has 12 nitrogen and oxygen atoms in total. The first kappa shape index (κ1) is 32.6. The molecule has 244 valence electrons. The van der Waals surface area contributed by atoms with Gasteiger partial charge < -0.3 is 14.6 Å². The SMILES string of the molecule is COc1ccc([C@H]2CC(c3cccs3)=NN2C(=O)CSc2nnc(CNC(=O)c3cccc([N+](=O)[O-])c3C)n2Cc2ccccc2)cc1. The molecule has 0 saturated carbocycles. The number of carbonyl (C=O) groups excluding carboxylic acids is 2. The summed E-state index contributed by atoms with van der Waals surface area (Å²) in [5, 5.41) is 31.8. The molecular weight excluding hydrogens is 651 g/mol. The first-order valence-electron chi connectivity index (χ1n) is 15.0. The van der Waals surface area contributed by atoms with Gasteiger partial charge in [0.25, 0.3) is 17.5 Å². The molecule has 1 aliphatic heterocycles. The number of nitrogens with zero attached hydrogens (tertiary/aromatic N) is 6. The van der Waals surface area contributed by atoms with Gasteiger partial charge in [-0.15, -0.1) is 21.5 Å². The van der Waals surface area contributed by atoms with E-state index in [1.54, 1.807) is 36.4 Å². The van der Waals surface area contributed by atoms with Crippen molar-refractivity contribution in [1.82, 2.24) is 25.1 Å². The summed E-state index contributed by atoms with van der Waals surface area (Å²) in [6.07, 6.45) is 0.585. The average Bonchev–Trinajstić information content (AvgIpc) is 3.88. The van der Waals surface area contributed by atoms with Crippen LogP contribution < -0.4 is 10.1 Å². The van der Waals surface area contributed by atoms with E-state index in [1.165, 1.54) is 23.9 Å². The highest BCUT2D eigenvalue weighted by Crippen LogP contribution is 2.35. The maximum absolute atomic E-state index is 13.8. The van der Waals surface area contributed by atoms with Crippen molar-refractivity contribution in [2.75, 3.05) is 12.9 Å². The molecule has 0 fully saturated rings. The van der Waals surface area contributed by atoms with E-state index in [9.17, 15) is 19.7 Å². The maximum atomic E-state index is 13.8. The van der Waals surface area contributed by atoms with Crippen LogP contribution in [0.3, 0.4) is 0 Å². The molecule has 48 heavy (non-hydrogen) atoms. The van der Waals surface area contributed by atoms with Gasteiger partial charge in [0.15, 0.2) is 11.0 Å². The third kappa shape index (κ3) is 7.14. The third-order valence-electron chi connectivity index (χ3n) is 7.93. The number of benzene rings is 3. The number of carbonyl (C=O) groups is 2. The standard InChI is InChI=1S/C34H31N7O5S2/c1-22-26(10-6-11-28(22)41(44)45)33(43)35-19-31-36-37-34(39(31)20-23-8-4-3-5-9-23)48-21-32(42)40-29(24-13-15-25(46-2)16-14-24)18-27(38-40)30-12-7-17-47-30/h3-17,29H,18-21H2,1-2H3,(H,35,43)/t29-/m1/s1. The molecule has 14 heteroatoms. The van der Waals surface area contributed by atoms with Crippen molar-refractivity contribution in [3.8, 4) is 5.75 Å². The van der Waals surface area contributed by atoms with E-state index >= 15 is 0 Å². The van der Waals surface area contributed by atoms with Crippen molar-refractivity contribution in [3.63, 3.8) is 0 Å². The summed E-state index contributed by atoms with van der Waals surface area (Å²) < 4.78 is 7.19. The second-order valence-corrected chi connectivity index (χ2v) is 12.8. The van der Waals surface area contributed by atoms with Crippen LogP contribution in [0.5, 0.6) is 5.75 Å². The molecule has 0 saturated heterocycles. The van der Waals surface area contributed by atoms with Crippen LogP contribution >= 0.6 is 23.1 Å². The maximum Gasteiger partial charge on any atom is 0.273 e. The highest BCUT2D eigenvalue weighted by atomic mass is 32.2.